The summed E-state index contributed by atoms with van der Waals surface area (Å²) in [5.74, 6) is 0. The van der Waals surface area contributed by atoms with Gasteiger partial charge in [0.25, 0.3) is 0 Å². The molecule has 0 bridgehead atoms. The first kappa shape index (κ1) is 9.69. The van der Waals surface area contributed by atoms with Crippen molar-refractivity contribution in [1.29, 1.82) is 0 Å². The fraction of sp³-hybridized carbons (Fsp3) is 0.222. The highest BCUT2D eigenvalue weighted by Gasteiger charge is 1.97. The van der Waals surface area contributed by atoms with Gasteiger partial charge in [-0.3, -0.25) is 5.10 Å². The molecule has 0 aliphatic rings. The normalized spacial score (nSPS) is 8.18. The quantitative estimate of drug-likeness (QED) is 0.612. The van der Waals surface area contributed by atoms with Gasteiger partial charge in [0, 0.05) is 0 Å². The van der Waals surface area contributed by atoms with Crippen LogP contribution < -0.4 is 0 Å². The zero-order valence-electron chi connectivity index (χ0n) is 7.15. The van der Waals surface area contributed by atoms with Crippen LogP contribution in [0.25, 0.3) is 5.57 Å². The van der Waals surface area contributed by atoms with Gasteiger partial charge < -0.3 is 0 Å². The topological polar surface area (TPSA) is 28.7 Å². The van der Waals surface area contributed by atoms with E-state index >= 15 is 0 Å². The Morgan fingerprint density at radius 1 is 1.55 bits per heavy atom. The Balaban J connectivity index is 0.000000461. The lowest BCUT2D eigenvalue weighted by Crippen LogP contribution is -1.79. The smallest absolute Gasteiger partial charge is 0.0630 e. The first-order chi connectivity index (χ1) is 5.22. The number of hydrogen-bond donors (Lipinski definition) is 1. The average Bonchev–Trinajstić information content (AvgIpc) is 2.39. The van der Waals surface area contributed by atoms with Crippen molar-refractivity contribution < 1.29 is 0 Å². The van der Waals surface area contributed by atoms with Gasteiger partial charge in [-0.2, -0.15) is 5.10 Å². The molecule has 0 aliphatic heterocycles. The molecule has 0 amide bonds. The first-order valence-electron chi connectivity index (χ1n) is 3.37. The first-order valence-corrected chi connectivity index (χ1v) is 3.37. The van der Waals surface area contributed by atoms with Crippen LogP contribution in [0.4, 0.5) is 0 Å². The van der Waals surface area contributed by atoms with E-state index in [2.05, 4.69) is 29.9 Å². The van der Waals surface area contributed by atoms with Gasteiger partial charge in [0.1, 0.15) is 0 Å². The number of hydrogen-bond acceptors (Lipinski definition) is 1. The van der Waals surface area contributed by atoms with Gasteiger partial charge in [0.2, 0.25) is 0 Å². The van der Waals surface area contributed by atoms with Gasteiger partial charge in [0.15, 0.2) is 0 Å². The largest absolute Gasteiger partial charge is 0.278 e. The summed E-state index contributed by atoms with van der Waals surface area (Å²) in [6, 6.07) is 0. The highest BCUT2D eigenvalue weighted by atomic mass is 15.1. The fourth-order valence-electron chi connectivity index (χ4n) is 0.778. The summed E-state index contributed by atoms with van der Waals surface area (Å²) in [6.45, 7) is 13.8. The minimum Gasteiger partial charge on any atom is -0.278 e. The third kappa shape index (κ3) is 2.42. The van der Waals surface area contributed by atoms with Crippen molar-refractivity contribution in [1.82, 2.24) is 10.2 Å². The Morgan fingerprint density at radius 2 is 2.09 bits per heavy atom. The third-order valence-electron chi connectivity index (χ3n) is 1.26. The van der Waals surface area contributed by atoms with Crippen LogP contribution in [0.2, 0.25) is 0 Å². The van der Waals surface area contributed by atoms with Gasteiger partial charge in [-0.1, -0.05) is 6.58 Å². The lowest BCUT2D eigenvalue weighted by molar-refractivity contribution is 1.07. The Labute approximate surface area is 67.6 Å². The summed E-state index contributed by atoms with van der Waals surface area (Å²) in [4.78, 5) is 0. The molecule has 0 spiro atoms. The molecule has 1 aromatic rings. The van der Waals surface area contributed by atoms with Gasteiger partial charge in [-0.15, -0.1) is 13.2 Å². The Hall–Kier alpha value is -1.31. The molecule has 60 valence electrons. The van der Waals surface area contributed by atoms with Crippen molar-refractivity contribution in [3.05, 3.63) is 37.2 Å². The van der Waals surface area contributed by atoms with Gasteiger partial charge >= 0.3 is 0 Å². The number of rotatable bonds is 1. The number of aryl methyl sites for hydroxylation is 1. The van der Waals surface area contributed by atoms with E-state index in [1.165, 1.54) is 0 Å². The zero-order chi connectivity index (χ0) is 8.85. The predicted molar refractivity (Wildman–Crippen MR) is 49.3 cm³/mol. The molecule has 0 radical (unpaired) electrons. The van der Waals surface area contributed by atoms with E-state index in [9.17, 15) is 0 Å². The maximum atomic E-state index is 3.86. The molecule has 0 saturated carbocycles. The lowest BCUT2D eigenvalue weighted by Gasteiger charge is -1.92. The van der Waals surface area contributed by atoms with Crippen molar-refractivity contribution in [2.45, 2.75) is 13.8 Å². The van der Waals surface area contributed by atoms with Crippen LogP contribution in [-0.4, -0.2) is 10.2 Å². The predicted octanol–water partition coefficient (Wildman–Crippen LogP) is 2.55. The number of nitrogens with zero attached hydrogens (tertiary/aromatic N) is 1. The second-order valence-electron chi connectivity index (χ2n) is 2.21. The van der Waals surface area contributed by atoms with Crippen LogP contribution in [0.15, 0.2) is 25.9 Å². The maximum absolute atomic E-state index is 3.86. The molecular weight excluding hydrogens is 136 g/mol. The number of aromatic amines is 1. The van der Waals surface area contributed by atoms with Crippen molar-refractivity contribution in [3.63, 3.8) is 0 Å². The van der Waals surface area contributed by atoms with Crippen LogP contribution in [-0.2, 0) is 0 Å². The fourth-order valence-corrected chi connectivity index (χ4v) is 0.778. The molecule has 2 heteroatoms. The minimum absolute atomic E-state index is 1.03. The number of nitrogens with one attached hydrogen (secondary N) is 1. The molecule has 0 atom stereocenters. The molecule has 1 heterocycles. The van der Waals surface area contributed by atoms with E-state index in [-0.39, 0.29) is 0 Å². The molecule has 0 fully saturated rings. The van der Waals surface area contributed by atoms with Gasteiger partial charge in [-0.25, -0.2) is 0 Å². The summed E-state index contributed by atoms with van der Waals surface area (Å²) in [5.41, 5.74) is 3.24. The summed E-state index contributed by atoms with van der Waals surface area (Å²) in [5, 5.41) is 6.71. The van der Waals surface area contributed by atoms with E-state index in [1.807, 2.05) is 13.8 Å². The number of aromatic nitrogens is 2. The molecule has 11 heavy (non-hydrogen) atoms. The van der Waals surface area contributed by atoms with E-state index in [4.69, 9.17) is 0 Å². The van der Waals surface area contributed by atoms with Crippen LogP contribution in [0.1, 0.15) is 18.2 Å². The second kappa shape index (κ2) is 4.50. The zero-order valence-corrected chi connectivity index (χ0v) is 7.15. The summed E-state index contributed by atoms with van der Waals surface area (Å²) in [7, 11) is 0. The van der Waals surface area contributed by atoms with E-state index in [0.717, 1.165) is 16.8 Å². The highest BCUT2D eigenvalue weighted by Crippen LogP contribution is 2.10. The SMILES string of the molecule is C=C.C=C(C)c1[nH]ncc1C. The summed E-state index contributed by atoms with van der Waals surface area (Å²) >= 11 is 0. The van der Waals surface area contributed by atoms with Crippen LogP contribution in [0.5, 0.6) is 0 Å². The number of H-pyrrole nitrogens is 1. The standard InChI is InChI=1S/C7H10N2.C2H4/c1-5(2)7-6(3)4-8-9-7;1-2/h4H,1H2,2-3H3,(H,8,9);1-2H2. The van der Waals surface area contributed by atoms with Gasteiger partial charge in [-0.05, 0) is 25.0 Å². The monoisotopic (exact) mass is 150 g/mol. The summed E-state index contributed by atoms with van der Waals surface area (Å²) < 4.78 is 0. The van der Waals surface area contributed by atoms with E-state index in [0.29, 0.717) is 0 Å². The van der Waals surface area contributed by atoms with Crippen LogP contribution in [0, 0.1) is 6.92 Å². The molecule has 0 saturated heterocycles. The Kier molecular flexibility index (Phi) is 3.96. The molecule has 0 unspecified atom stereocenters. The third-order valence-corrected chi connectivity index (χ3v) is 1.26. The minimum atomic E-state index is 1.03. The van der Waals surface area contributed by atoms with Crippen molar-refractivity contribution in [3.8, 4) is 0 Å². The van der Waals surface area contributed by atoms with E-state index < -0.39 is 0 Å². The average molecular weight is 150 g/mol. The Morgan fingerprint density at radius 3 is 2.27 bits per heavy atom. The molecule has 2 nitrogen and oxygen atoms in total. The van der Waals surface area contributed by atoms with Crippen LogP contribution >= 0.6 is 0 Å². The second-order valence-corrected chi connectivity index (χ2v) is 2.21. The molecule has 0 aliphatic carbocycles. The molecule has 1 aromatic heterocycles. The van der Waals surface area contributed by atoms with Crippen molar-refractivity contribution in [2.24, 2.45) is 0 Å². The van der Waals surface area contributed by atoms with Crippen molar-refractivity contribution in [2.75, 3.05) is 0 Å². The van der Waals surface area contributed by atoms with Crippen LogP contribution in [0.3, 0.4) is 0 Å². The van der Waals surface area contributed by atoms with Gasteiger partial charge in [0.05, 0.1) is 11.9 Å². The number of allylic oxidation sites excluding steroid dienone is 1. The highest BCUT2D eigenvalue weighted by molar-refractivity contribution is 5.59. The van der Waals surface area contributed by atoms with E-state index in [1.54, 1.807) is 6.20 Å². The molecule has 1 rings (SSSR count). The Bertz CT molecular complexity index is 235. The maximum Gasteiger partial charge on any atom is 0.0630 e. The summed E-state index contributed by atoms with van der Waals surface area (Å²) in [6.07, 6.45) is 1.80. The molecule has 1 N–H and O–H groups in total. The molecule has 0 aromatic carbocycles. The lowest BCUT2D eigenvalue weighted by atomic mass is 10.2. The molecular formula is C9H14N2. The van der Waals surface area contributed by atoms with Crippen molar-refractivity contribution >= 4 is 5.57 Å².